The van der Waals surface area contributed by atoms with E-state index in [1.54, 1.807) is 0 Å². The van der Waals surface area contributed by atoms with Gasteiger partial charge in [0, 0.05) is 22.8 Å². The summed E-state index contributed by atoms with van der Waals surface area (Å²) >= 11 is 0. The van der Waals surface area contributed by atoms with Crippen LogP contribution < -0.4 is 10.5 Å². The second-order valence-corrected chi connectivity index (χ2v) is 4.78. The Morgan fingerprint density at radius 2 is 1.90 bits per heavy atom. The maximum absolute atomic E-state index is 9.10. The summed E-state index contributed by atoms with van der Waals surface area (Å²) in [6.45, 7) is 1.28. The Bertz CT molecular complexity index is 797. The van der Waals surface area contributed by atoms with Crippen molar-refractivity contribution in [3.8, 4) is 11.8 Å². The predicted molar refractivity (Wildman–Crippen MR) is 83.0 cm³/mol. The van der Waals surface area contributed by atoms with Gasteiger partial charge in [0.15, 0.2) is 0 Å². The fourth-order valence-electron chi connectivity index (χ4n) is 2.34. The highest BCUT2D eigenvalue weighted by atomic mass is 16.5. The number of nitrogens with two attached hydrogens (primary N) is 1. The highest BCUT2D eigenvalue weighted by molar-refractivity contribution is 5.85. The summed E-state index contributed by atoms with van der Waals surface area (Å²) < 4.78 is 7.79. The van der Waals surface area contributed by atoms with Crippen LogP contribution in [-0.4, -0.2) is 11.2 Å². The highest BCUT2D eigenvalue weighted by Gasteiger charge is 2.05. The average Bonchev–Trinajstić information content (AvgIpc) is 2.92. The van der Waals surface area contributed by atoms with E-state index in [1.807, 2.05) is 54.7 Å². The molecule has 0 radical (unpaired) electrons. The van der Waals surface area contributed by atoms with Crippen molar-refractivity contribution in [2.24, 2.45) is 0 Å². The number of nitrogen functional groups attached to an aromatic ring is 1. The molecule has 0 fully saturated rings. The number of nitriles is 1. The number of anilines is 1. The third-order valence-electron chi connectivity index (χ3n) is 3.42. The monoisotopic (exact) mass is 277 g/mol. The Hall–Kier alpha value is -2.93. The number of nitrogens with zero attached hydrogens (tertiary/aromatic N) is 2. The summed E-state index contributed by atoms with van der Waals surface area (Å²) in [5, 5.41) is 10.1. The molecule has 0 bridgehead atoms. The summed E-state index contributed by atoms with van der Waals surface area (Å²) in [7, 11) is 0. The van der Waals surface area contributed by atoms with Crippen molar-refractivity contribution in [1.29, 1.82) is 5.26 Å². The number of fused-ring (bicyclic) bond motifs is 1. The van der Waals surface area contributed by atoms with Crippen molar-refractivity contribution in [2.75, 3.05) is 12.3 Å². The quantitative estimate of drug-likeness (QED) is 0.745. The Balaban J connectivity index is 1.71. The first-order valence-electron chi connectivity index (χ1n) is 6.74. The number of benzene rings is 2. The largest absolute Gasteiger partial charge is 0.492 e. The molecule has 0 saturated carbocycles. The van der Waals surface area contributed by atoms with Gasteiger partial charge in [-0.2, -0.15) is 5.26 Å². The molecule has 0 aliphatic carbocycles. The molecule has 0 unspecified atom stereocenters. The summed E-state index contributed by atoms with van der Waals surface area (Å²) in [4.78, 5) is 0. The van der Waals surface area contributed by atoms with Crippen LogP contribution in [0.4, 0.5) is 5.69 Å². The Morgan fingerprint density at radius 3 is 2.67 bits per heavy atom. The van der Waals surface area contributed by atoms with E-state index in [4.69, 9.17) is 15.7 Å². The number of hydrogen-bond acceptors (Lipinski definition) is 3. The maximum Gasteiger partial charge on any atom is 0.119 e. The zero-order valence-electron chi connectivity index (χ0n) is 11.5. The molecule has 0 spiro atoms. The van der Waals surface area contributed by atoms with Crippen LogP contribution in [0.1, 0.15) is 5.56 Å². The molecule has 104 valence electrons. The third-order valence-corrected chi connectivity index (χ3v) is 3.42. The summed E-state index contributed by atoms with van der Waals surface area (Å²) in [5.41, 5.74) is 8.11. The van der Waals surface area contributed by atoms with Gasteiger partial charge in [-0.15, -0.1) is 0 Å². The van der Waals surface area contributed by atoms with E-state index in [0.29, 0.717) is 12.2 Å². The first-order chi connectivity index (χ1) is 10.3. The molecule has 0 aliphatic heterocycles. The topological polar surface area (TPSA) is 64.0 Å². The molecule has 21 heavy (non-hydrogen) atoms. The molecular formula is C17H15N3O. The number of hydrogen-bond donors (Lipinski definition) is 1. The van der Waals surface area contributed by atoms with Crippen LogP contribution in [0.2, 0.25) is 0 Å². The van der Waals surface area contributed by atoms with Gasteiger partial charge < -0.3 is 15.0 Å². The zero-order chi connectivity index (χ0) is 14.7. The lowest BCUT2D eigenvalue weighted by molar-refractivity contribution is 0.300. The maximum atomic E-state index is 9.10. The van der Waals surface area contributed by atoms with Gasteiger partial charge >= 0.3 is 0 Å². The molecule has 2 N–H and O–H groups in total. The molecule has 0 saturated heterocycles. The van der Waals surface area contributed by atoms with E-state index in [0.717, 1.165) is 28.9 Å². The minimum Gasteiger partial charge on any atom is -0.492 e. The second kappa shape index (κ2) is 5.59. The summed E-state index contributed by atoms with van der Waals surface area (Å²) in [6, 6.07) is 17.3. The van der Waals surface area contributed by atoms with Crippen molar-refractivity contribution in [2.45, 2.75) is 6.54 Å². The number of ether oxygens (including phenoxy) is 1. The van der Waals surface area contributed by atoms with Gasteiger partial charge in [0.25, 0.3) is 0 Å². The van der Waals surface area contributed by atoms with Crippen LogP contribution >= 0.6 is 0 Å². The molecule has 0 aliphatic rings. The van der Waals surface area contributed by atoms with Gasteiger partial charge in [0.2, 0.25) is 0 Å². The SMILES string of the molecule is N#Cc1cccc2c1ccn2CCOc1ccc(N)cc1. The van der Waals surface area contributed by atoms with E-state index in [9.17, 15) is 0 Å². The molecule has 3 aromatic rings. The molecule has 4 heteroatoms. The van der Waals surface area contributed by atoms with Crippen molar-refractivity contribution >= 4 is 16.6 Å². The van der Waals surface area contributed by atoms with Crippen LogP contribution in [0.15, 0.2) is 54.7 Å². The van der Waals surface area contributed by atoms with Gasteiger partial charge in [0.05, 0.1) is 18.2 Å². The van der Waals surface area contributed by atoms with Crippen LogP contribution in [0.5, 0.6) is 5.75 Å². The highest BCUT2D eigenvalue weighted by Crippen LogP contribution is 2.20. The normalized spacial score (nSPS) is 10.4. The average molecular weight is 277 g/mol. The van der Waals surface area contributed by atoms with Crippen molar-refractivity contribution in [1.82, 2.24) is 4.57 Å². The second-order valence-electron chi connectivity index (χ2n) is 4.78. The molecule has 0 amide bonds. The molecule has 2 aromatic carbocycles. The van der Waals surface area contributed by atoms with Crippen molar-refractivity contribution in [3.05, 3.63) is 60.3 Å². The first-order valence-corrected chi connectivity index (χ1v) is 6.74. The molecule has 1 aromatic heterocycles. The third kappa shape index (κ3) is 2.67. The lowest BCUT2D eigenvalue weighted by Crippen LogP contribution is -2.07. The van der Waals surface area contributed by atoms with Gasteiger partial charge in [-0.1, -0.05) is 6.07 Å². The molecule has 4 nitrogen and oxygen atoms in total. The molecule has 0 atom stereocenters. The van der Waals surface area contributed by atoms with Crippen LogP contribution in [0, 0.1) is 11.3 Å². The minimum absolute atomic E-state index is 0.560. The molecule has 3 rings (SSSR count). The first kappa shape index (κ1) is 13.1. The minimum atomic E-state index is 0.560. The van der Waals surface area contributed by atoms with Crippen LogP contribution in [0.25, 0.3) is 10.9 Å². The fraction of sp³-hybridized carbons (Fsp3) is 0.118. The van der Waals surface area contributed by atoms with Gasteiger partial charge in [-0.25, -0.2) is 0 Å². The van der Waals surface area contributed by atoms with E-state index in [-0.39, 0.29) is 0 Å². The standard InChI is InChI=1S/C17H15N3O/c18-12-13-2-1-3-17-16(13)8-9-20(17)10-11-21-15-6-4-14(19)5-7-15/h1-9H,10-11,19H2. The van der Waals surface area contributed by atoms with Gasteiger partial charge in [-0.3, -0.25) is 0 Å². The van der Waals surface area contributed by atoms with E-state index >= 15 is 0 Å². The Morgan fingerprint density at radius 1 is 1.10 bits per heavy atom. The fourth-order valence-corrected chi connectivity index (χ4v) is 2.34. The number of rotatable bonds is 4. The van der Waals surface area contributed by atoms with E-state index in [1.165, 1.54) is 0 Å². The van der Waals surface area contributed by atoms with E-state index in [2.05, 4.69) is 10.6 Å². The van der Waals surface area contributed by atoms with Gasteiger partial charge in [-0.05, 0) is 42.5 Å². The molecular weight excluding hydrogens is 262 g/mol. The predicted octanol–water partition coefficient (Wildman–Crippen LogP) is 3.17. The van der Waals surface area contributed by atoms with Crippen LogP contribution in [-0.2, 0) is 6.54 Å². The van der Waals surface area contributed by atoms with Crippen molar-refractivity contribution in [3.63, 3.8) is 0 Å². The van der Waals surface area contributed by atoms with Gasteiger partial charge in [0.1, 0.15) is 12.4 Å². The number of aromatic nitrogens is 1. The lowest BCUT2D eigenvalue weighted by atomic mass is 10.1. The molecule has 1 heterocycles. The van der Waals surface area contributed by atoms with Crippen LogP contribution in [0.3, 0.4) is 0 Å². The Kier molecular flexibility index (Phi) is 3.48. The smallest absolute Gasteiger partial charge is 0.119 e. The zero-order valence-corrected chi connectivity index (χ0v) is 11.5. The summed E-state index contributed by atoms with van der Waals surface area (Å²) in [5.74, 6) is 0.804. The van der Waals surface area contributed by atoms with E-state index < -0.39 is 0 Å². The lowest BCUT2D eigenvalue weighted by Gasteiger charge is -2.08. The van der Waals surface area contributed by atoms with Crippen molar-refractivity contribution < 1.29 is 4.74 Å². The Labute approximate surface area is 123 Å². The summed E-state index contributed by atoms with van der Waals surface area (Å²) in [6.07, 6.45) is 1.98.